The highest BCUT2D eigenvalue weighted by molar-refractivity contribution is 5.30. The number of nitrogens with zero attached hydrogens (tertiary/aromatic N) is 4. The second kappa shape index (κ2) is 6.53. The molecule has 0 unspecified atom stereocenters. The van der Waals surface area contributed by atoms with Gasteiger partial charge in [0.05, 0.1) is 25.3 Å². The molecular formula is C18H24N4O2. The van der Waals surface area contributed by atoms with Gasteiger partial charge in [0, 0.05) is 32.0 Å². The van der Waals surface area contributed by atoms with Crippen molar-refractivity contribution < 1.29 is 9.15 Å². The van der Waals surface area contributed by atoms with Crippen LogP contribution in [-0.2, 0) is 11.3 Å². The molecule has 1 spiro atoms. The van der Waals surface area contributed by atoms with Crippen molar-refractivity contribution in [3.63, 3.8) is 0 Å². The van der Waals surface area contributed by atoms with Crippen molar-refractivity contribution in [2.24, 2.45) is 0 Å². The molecule has 0 saturated carbocycles. The number of hydrogen-bond acceptors (Lipinski definition) is 6. The van der Waals surface area contributed by atoms with Crippen molar-refractivity contribution in [2.45, 2.75) is 31.9 Å². The fraction of sp³-hybridized carbons (Fsp3) is 0.556. The number of rotatable bonds is 3. The van der Waals surface area contributed by atoms with Crippen molar-refractivity contribution in [2.75, 3.05) is 37.7 Å². The average molecular weight is 328 g/mol. The molecule has 128 valence electrons. The molecule has 0 atom stereocenters. The summed E-state index contributed by atoms with van der Waals surface area (Å²) in [5, 5.41) is 0. The molecule has 0 aliphatic carbocycles. The van der Waals surface area contributed by atoms with E-state index in [0.29, 0.717) is 0 Å². The topological polar surface area (TPSA) is 54.6 Å². The van der Waals surface area contributed by atoms with Crippen LogP contribution in [0.4, 0.5) is 5.95 Å². The van der Waals surface area contributed by atoms with Crippen LogP contribution in [0, 0.1) is 6.92 Å². The Balaban J connectivity index is 1.37. The first kappa shape index (κ1) is 15.6. The number of furan rings is 1. The van der Waals surface area contributed by atoms with Crippen LogP contribution in [0.15, 0.2) is 35.0 Å². The molecule has 2 aromatic rings. The Kier molecular flexibility index (Phi) is 4.24. The zero-order valence-corrected chi connectivity index (χ0v) is 14.1. The number of anilines is 1. The molecule has 2 aliphatic rings. The standard InChI is InChI=1S/C18H24N4O2/c1-15-3-4-16(24-15)13-21-9-5-18(6-10-21)14-22(11-12-23-18)17-19-7-2-8-20-17/h2-4,7-8H,5-6,9-14H2,1H3. The Hall–Kier alpha value is -1.92. The first-order valence-electron chi connectivity index (χ1n) is 8.66. The molecule has 6 heteroatoms. The molecule has 6 nitrogen and oxygen atoms in total. The minimum Gasteiger partial charge on any atom is -0.465 e. The van der Waals surface area contributed by atoms with E-state index < -0.39 is 0 Å². The minimum absolute atomic E-state index is 0.0625. The van der Waals surface area contributed by atoms with Crippen LogP contribution >= 0.6 is 0 Å². The van der Waals surface area contributed by atoms with Gasteiger partial charge in [-0.15, -0.1) is 0 Å². The summed E-state index contributed by atoms with van der Waals surface area (Å²) in [6, 6.07) is 5.96. The van der Waals surface area contributed by atoms with Crippen molar-refractivity contribution in [1.82, 2.24) is 14.9 Å². The Bertz CT molecular complexity index is 665. The summed E-state index contributed by atoms with van der Waals surface area (Å²) in [6.07, 6.45) is 5.68. The van der Waals surface area contributed by atoms with Gasteiger partial charge < -0.3 is 14.1 Å². The second-order valence-corrected chi connectivity index (χ2v) is 6.79. The highest BCUT2D eigenvalue weighted by Gasteiger charge is 2.40. The van der Waals surface area contributed by atoms with Crippen LogP contribution < -0.4 is 4.90 Å². The molecule has 4 rings (SSSR count). The maximum atomic E-state index is 6.21. The summed E-state index contributed by atoms with van der Waals surface area (Å²) in [5.74, 6) is 2.84. The Labute approximate surface area is 142 Å². The molecule has 0 aromatic carbocycles. The van der Waals surface area contributed by atoms with Crippen LogP contribution in [0.3, 0.4) is 0 Å². The van der Waals surface area contributed by atoms with Gasteiger partial charge in [0.1, 0.15) is 11.5 Å². The van der Waals surface area contributed by atoms with Gasteiger partial charge in [0.15, 0.2) is 0 Å². The number of ether oxygens (including phenoxy) is 1. The van der Waals surface area contributed by atoms with Crippen molar-refractivity contribution in [3.05, 3.63) is 42.1 Å². The summed E-state index contributed by atoms with van der Waals surface area (Å²) >= 11 is 0. The molecule has 2 saturated heterocycles. The highest BCUT2D eigenvalue weighted by Crippen LogP contribution is 2.31. The molecule has 2 aromatic heterocycles. The van der Waals surface area contributed by atoms with Gasteiger partial charge >= 0.3 is 0 Å². The fourth-order valence-electron chi connectivity index (χ4n) is 3.68. The van der Waals surface area contributed by atoms with E-state index in [2.05, 4.69) is 25.8 Å². The van der Waals surface area contributed by atoms with Gasteiger partial charge in [0.2, 0.25) is 5.95 Å². The molecular weight excluding hydrogens is 304 g/mol. The summed E-state index contributed by atoms with van der Waals surface area (Å²) in [5.41, 5.74) is -0.0625. The van der Waals surface area contributed by atoms with E-state index >= 15 is 0 Å². The van der Waals surface area contributed by atoms with E-state index in [1.807, 2.05) is 19.1 Å². The third-order valence-corrected chi connectivity index (χ3v) is 5.03. The third-order valence-electron chi connectivity index (χ3n) is 5.03. The Morgan fingerprint density at radius 1 is 1.12 bits per heavy atom. The lowest BCUT2D eigenvalue weighted by atomic mass is 9.89. The minimum atomic E-state index is -0.0625. The lowest BCUT2D eigenvalue weighted by molar-refractivity contribution is -0.0929. The van der Waals surface area contributed by atoms with Gasteiger partial charge in [-0.3, -0.25) is 4.90 Å². The summed E-state index contributed by atoms with van der Waals surface area (Å²) < 4.78 is 11.9. The van der Waals surface area contributed by atoms with Crippen LogP contribution in [0.25, 0.3) is 0 Å². The van der Waals surface area contributed by atoms with Gasteiger partial charge in [-0.25, -0.2) is 9.97 Å². The first-order chi connectivity index (χ1) is 11.7. The predicted molar refractivity (Wildman–Crippen MR) is 90.9 cm³/mol. The largest absolute Gasteiger partial charge is 0.465 e. The smallest absolute Gasteiger partial charge is 0.225 e. The summed E-state index contributed by atoms with van der Waals surface area (Å²) in [6.45, 7) is 7.42. The quantitative estimate of drug-likeness (QED) is 0.861. The van der Waals surface area contributed by atoms with E-state index in [-0.39, 0.29) is 5.60 Å². The molecule has 0 amide bonds. The van der Waals surface area contributed by atoms with Crippen LogP contribution in [-0.4, -0.2) is 53.3 Å². The predicted octanol–water partition coefficient (Wildman–Crippen LogP) is 2.25. The lowest BCUT2D eigenvalue weighted by Crippen LogP contribution is -2.57. The zero-order valence-electron chi connectivity index (χ0n) is 14.1. The van der Waals surface area contributed by atoms with Gasteiger partial charge in [-0.05, 0) is 38.0 Å². The first-order valence-corrected chi connectivity index (χ1v) is 8.66. The second-order valence-electron chi connectivity index (χ2n) is 6.79. The van der Waals surface area contributed by atoms with E-state index in [1.54, 1.807) is 12.4 Å². The summed E-state index contributed by atoms with van der Waals surface area (Å²) in [7, 11) is 0. The number of likely N-dealkylation sites (tertiary alicyclic amines) is 1. The molecule has 0 N–H and O–H groups in total. The van der Waals surface area contributed by atoms with Crippen molar-refractivity contribution in [1.29, 1.82) is 0 Å². The number of piperidine rings is 1. The molecule has 0 bridgehead atoms. The maximum absolute atomic E-state index is 6.21. The molecule has 2 aliphatic heterocycles. The molecule has 0 radical (unpaired) electrons. The SMILES string of the molecule is Cc1ccc(CN2CCC3(CC2)CN(c2ncccn2)CCO3)o1. The number of hydrogen-bond donors (Lipinski definition) is 0. The Morgan fingerprint density at radius 3 is 2.62 bits per heavy atom. The zero-order chi connectivity index (χ0) is 16.4. The van der Waals surface area contributed by atoms with Crippen LogP contribution in [0.2, 0.25) is 0 Å². The van der Waals surface area contributed by atoms with Crippen molar-refractivity contribution >= 4 is 5.95 Å². The van der Waals surface area contributed by atoms with E-state index in [9.17, 15) is 0 Å². The molecule has 24 heavy (non-hydrogen) atoms. The Morgan fingerprint density at radius 2 is 1.92 bits per heavy atom. The third kappa shape index (κ3) is 3.30. The van der Waals surface area contributed by atoms with E-state index in [1.165, 1.54) is 0 Å². The van der Waals surface area contributed by atoms with Gasteiger partial charge in [0.25, 0.3) is 0 Å². The van der Waals surface area contributed by atoms with Crippen LogP contribution in [0.5, 0.6) is 0 Å². The van der Waals surface area contributed by atoms with E-state index in [4.69, 9.17) is 9.15 Å². The van der Waals surface area contributed by atoms with Gasteiger partial charge in [-0.2, -0.15) is 0 Å². The fourth-order valence-corrected chi connectivity index (χ4v) is 3.68. The van der Waals surface area contributed by atoms with E-state index in [0.717, 1.165) is 69.6 Å². The van der Waals surface area contributed by atoms with Crippen molar-refractivity contribution in [3.8, 4) is 0 Å². The maximum Gasteiger partial charge on any atom is 0.225 e. The van der Waals surface area contributed by atoms with Crippen LogP contribution in [0.1, 0.15) is 24.4 Å². The average Bonchev–Trinajstić information content (AvgIpc) is 3.03. The molecule has 4 heterocycles. The normalized spacial score (nSPS) is 21.3. The highest BCUT2D eigenvalue weighted by atomic mass is 16.5. The number of morpholine rings is 1. The van der Waals surface area contributed by atoms with Gasteiger partial charge in [-0.1, -0.05) is 0 Å². The lowest BCUT2D eigenvalue weighted by Gasteiger charge is -2.47. The summed E-state index contributed by atoms with van der Waals surface area (Å²) in [4.78, 5) is 13.5. The monoisotopic (exact) mass is 328 g/mol. The number of aromatic nitrogens is 2. The number of aryl methyl sites for hydroxylation is 1. The molecule has 2 fully saturated rings.